The molecule has 0 N–H and O–H groups in total. The van der Waals surface area contributed by atoms with Gasteiger partial charge in [0.1, 0.15) is 10.8 Å². The third-order valence-electron chi connectivity index (χ3n) is 2.70. The van der Waals surface area contributed by atoms with E-state index in [9.17, 15) is 14.9 Å². The molecule has 0 atom stereocenters. The van der Waals surface area contributed by atoms with E-state index in [1.807, 2.05) is 0 Å². The monoisotopic (exact) mass is 325 g/mol. The van der Waals surface area contributed by atoms with Crippen molar-refractivity contribution in [3.63, 3.8) is 0 Å². The largest absolute Gasteiger partial charge is 0.449 e. The average molecular weight is 326 g/mol. The number of ether oxygens (including phenoxy) is 1. The van der Waals surface area contributed by atoms with E-state index in [2.05, 4.69) is 0 Å². The Kier molecular flexibility index (Phi) is 4.45. The van der Waals surface area contributed by atoms with Crippen molar-refractivity contribution in [3.8, 4) is 11.5 Å². The first-order valence-corrected chi connectivity index (χ1v) is 6.57. The Bertz CT molecular complexity index is 731. The number of nitrogens with zero attached hydrogens (tertiary/aromatic N) is 1. The molecule has 0 heterocycles. The molecule has 7 heteroatoms. The van der Waals surface area contributed by atoms with Crippen LogP contribution in [0.4, 0.5) is 5.69 Å². The second-order valence-corrected chi connectivity index (χ2v) is 4.93. The summed E-state index contributed by atoms with van der Waals surface area (Å²) in [4.78, 5) is 21.8. The van der Waals surface area contributed by atoms with Crippen LogP contribution in [-0.2, 0) is 0 Å². The highest BCUT2D eigenvalue weighted by molar-refractivity contribution is 6.42. The topological polar surface area (TPSA) is 69.4 Å². The molecule has 2 rings (SSSR count). The highest BCUT2D eigenvalue weighted by atomic mass is 35.5. The zero-order valence-corrected chi connectivity index (χ0v) is 12.3. The van der Waals surface area contributed by atoms with Crippen molar-refractivity contribution in [3.05, 3.63) is 62.1 Å². The zero-order chi connectivity index (χ0) is 15.6. The molecule has 5 nitrogen and oxygen atoms in total. The molecular weight excluding hydrogens is 317 g/mol. The van der Waals surface area contributed by atoms with Gasteiger partial charge in [0.05, 0.1) is 9.95 Å². The van der Waals surface area contributed by atoms with Crippen molar-refractivity contribution in [1.29, 1.82) is 0 Å². The number of rotatable bonds is 4. The van der Waals surface area contributed by atoms with Gasteiger partial charge in [-0.15, -0.1) is 0 Å². The molecular formula is C14H9Cl2NO4. The van der Waals surface area contributed by atoms with Gasteiger partial charge in [0, 0.05) is 11.6 Å². The fourth-order valence-corrected chi connectivity index (χ4v) is 1.98. The number of hydrogen-bond acceptors (Lipinski definition) is 4. The molecule has 0 radical (unpaired) electrons. The van der Waals surface area contributed by atoms with Gasteiger partial charge in [-0.3, -0.25) is 14.9 Å². The van der Waals surface area contributed by atoms with Crippen molar-refractivity contribution in [2.45, 2.75) is 6.92 Å². The van der Waals surface area contributed by atoms with Gasteiger partial charge in [-0.2, -0.15) is 0 Å². The van der Waals surface area contributed by atoms with Crippen molar-refractivity contribution < 1.29 is 14.5 Å². The summed E-state index contributed by atoms with van der Waals surface area (Å²) in [6, 6.07) is 8.69. The van der Waals surface area contributed by atoms with Crippen LogP contribution in [0, 0.1) is 10.1 Å². The van der Waals surface area contributed by atoms with Gasteiger partial charge in [-0.25, -0.2) is 0 Å². The summed E-state index contributed by atoms with van der Waals surface area (Å²) >= 11 is 11.8. The average Bonchev–Trinajstić information content (AvgIpc) is 2.43. The van der Waals surface area contributed by atoms with Gasteiger partial charge in [0.2, 0.25) is 5.75 Å². The lowest BCUT2D eigenvalue weighted by molar-refractivity contribution is -0.385. The number of ketones is 1. The van der Waals surface area contributed by atoms with Crippen LogP contribution in [0.2, 0.25) is 10.0 Å². The number of Topliss-reactive ketones (excluding diaryl/α,β-unsaturated/α-hetero) is 1. The maximum atomic E-state index is 11.3. The molecule has 0 aliphatic carbocycles. The highest BCUT2D eigenvalue weighted by Gasteiger charge is 2.19. The second-order valence-electron chi connectivity index (χ2n) is 4.15. The van der Waals surface area contributed by atoms with E-state index in [0.29, 0.717) is 0 Å². The third-order valence-corrected chi connectivity index (χ3v) is 3.50. The smallest absolute Gasteiger partial charge is 0.312 e. The SMILES string of the molecule is CC(=O)c1ccc(Oc2cccc(Cl)c2Cl)c([N+](=O)[O-])c1. The molecule has 0 amide bonds. The molecule has 0 aliphatic heterocycles. The third kappa shape index (κ3) is 3.32. The fraction of sp³-hybridized carbons (Fsp3) is 0.0714. The number of benzene rings is 2. The molecule has 0 aliphatic rings. The zero-order valence-electron chi connectivity index (χ0n) is 10.8. The van der Waals surface area contributed by atoms with Gasteiger partial charge >= 0.3 is 5.69 Å². The minimum absolute atomic E-state index is 0.0193. The summed E-state index contributed by atoms with van der Waals surface area (Å²) in [5, 5.41) is 11.5. The van der Waals surface area contributed by atoms with Crippen LogP contribution in [-0.4, -0.2) is 10.7 Å². The highest BCUT2D eigenvalue weighted by Crippen LogP contribution is 2.38. The number of halogens is 2. The summed E-state index contributed by atoms with van der Waals surface area (Å²) in [7, 11) is 0. The Morgan fingerprint density at radius 2 is 1.90 bits per heavy atom. The molecule has 0 bridgehead atoms. The van der Waals surface area contributed by atoms with Gasteiger partial charge in [0.25, 0.3) is 0 Å². The molecule has 0 spiro atoms. The van der Waals surface area contributed by atoms with E-state index >= 15 is 0 Å². The van der Waals surface area contributed by atoms with Crippen LogP contribution in [0.5, 0.6) is 11.5 Å². The van der Waals surface area contributed by atoms with E-state index in [4.69, 9.17) is 27.9 Å². The Hall–Kier alpha value is -2.11. The number of nitro groups is 1. The summed E-state index contributed by atoms with van der Waals surface area (Å²) in [6.45, 7) is 1.33. The van der Waals surface area contributed by atoms with E-state index in [1.165, 1.54) is 25.1 Å². The molecule has 108 valence electrons. The van der Waals surface area contributed by atoms with Crippen molar-refractivity contribution >= 4 is 34.7 Å². The molecule has 0 fully saturated rings. The molecule has 0 unspecified atom stereocenters. The van der Waals surface area contributed by atoms with Crippen molar-refractivity contribution in [1.82, 2.24) is 0 Å². The summed E-state index contributed by atoms with van der Waals surface area (Å²) < 4.78 is 5.45. The van der Waals surface area contributed by atoms with E-state index < -0.39 is 4.92 Å². The molecule has 2 aromatic carbocycles. The van der Waals surface area contributed by atoms with Crippen molar-refractivity contribution in [2.75, 3.05) is 0 Å². The first kappa shape index (κ1) is 15.3. The number of hydrogen-bond donors (Lipinski definition) is 0. The Balaban J connectivity index is 2.46. The molecule has 21 heavy (non-hydrogen) atoms. The minimum Gasteiger partial charge on any atom is -0.449 e. The first-order valence-electron chi connectivity index (χ1n) is 5.81. The summed E-state index contributed by atoms with van der Waals surface area (Å²) in [5.41, 5.74) is -0.0926. The number of carbonyl (C=O) groups excluding carboxylic acids is 1. The lowest BCUT2D eigenvalue weighted by atomic mass is 10.1. The maximum Gasteiger partial charge on any atom is 0.312 e. The predicted molar refractivity (Wildman–Crippen MR) is 79.6 cm³/mol. The standard InChI is InChI=1S/C14H9Cl2NO4/c1-8(18)9-5-6-12(11(7-9)17(19)20)21-13-4-2-3-10(15)14(13)16/h2-7H,1H3. The number of nitro benzene ring substituents is 1. The molecule has 0 saturated heterocycles. The van der Waals surface area contributed by atoms with E-state index in [-0.39, 0.29) is 38.6 Å². The lowest BCUT2D eigenvalue weighted by Crippen LogP contribution is -1.98. The van der Waals surface area contributed by atoms with E-state index in [1.54, 1.807) is 12.1 Å². The fourth-order valence-electron chi connectivity index (χ4n) is 1.65. The van der Waals surface area contributed by atoms with Crippen LogP contribution in [0.25, 0.3) is 0 Å². The van der Waals surface area contributed by atoms with Crippen LogP contribution in [0.3, 0.4) is 0 Å². The summed E-state index contributed by atoms with van der Waals surface area (Å²) in [6.07, 6.45) is 0. The maximum absolute atomic E-state index is 11.3. The Morgan fingerprint density at radius 1 is 1.19 bits per heavy atom. The Labute approximate surface area is 130 Å². The molecule has 0 saturated carbocycles. The van der Waals surface area contributed by atoms with Gasteiger partial charge < -0.3 is 4.74 Å². The normalized spacial score (nSPS) is 10.2. The van der Waals surface area contributed by atoms with Gasteiger partial charge in [-0.05, 0) is 31.2 Å². The van der Waals surface area contributed by atoms with Crippen LogP contribution < -0.4 is 4.74 Å². The van der Waals surface area contributed by atoms with Crippen LogP contribution >= 0.6 is 23.2 Å². The lowest BCUT2D eigenvalue weighted by Gasteiger charge is -2.09. The van der Waals surface area contributed by atoms with Crippen molar-refractivity contribution in [2.24, 2.45) is 0 Å². The first-order chi connectivity index (χ1) is 9.90. The predicted octanol–water partition coefficient (Wildman–Crippen LogP) is 4.90. The van der Waals surface area contributed by atoms with Crippen LogP contribution in [0.1, 0.15) is 17.3 Å². The molecule has 2 aromatic rings. The summed E-state index contributed by atoms with van der Waals surface area (Å²) in [5.74, 6) is -0.0950. The number of carbonyl (C=O) groups is 1. The Morgan fingerprint density at radius 3 is 2.52 bits per heavy atom. The molecule has 0 aromatic heterocycles. The van der Waals surface area contributed by atoms with E-state index in [0.717, 1.165) is 6.07 Å². The van der Waals surface area contributed by atoms with Gasteiger partial charge in [-0.1, -0.05) is 29.3 Å². The van der Waals surface area contributed by atoms with Gasteiger partial charge in [0.15, 0.2) is 5.78 Å². The van der Waals surface area contributed by atoms with Crippen LogP contribution in [0.15, 0.2) is 36.4 Å². The minimum atomic E-state index is -0.625. The quantitative estimate of drug-likeness (QED) is 0.455. The second kappa shape index (κ2) is 6.11.